The zero-order valence-corrected chi connectivity index (χ0v) is 17.4. The van der Waals surface area contributed by atoms with Gasteiger partial charge in [-0.25, -0.2) is 9.97 Å². The zero-order valence-electron chi connectivity index (χ0n) is 17.4. The highest BCUT2D eigenvalue weighted by atomic mass is 16.5. The maximum Gasteiger partial charge on any atom is 0.312 e. The van der Waals surface area contributed by atoms with Crippen LogP contribution in [0.25, 0.3) is 22.7 Å². The fraction of sp³-hybridized carbons (Fsp3) is 0.182. The monoisotopic (exact) mass is 443 g/mol. The van der Waals surface area contributed by atoms with E-state index in [1.807, 2.05) is 6.07 Å². The summed E-state index contributed by atoms with van der Waals surface area (Å²) >= 11 is 0. The molecule has 0 saturated heterocycles. The minimum atomic E-state index is -0.671. The molecule has 0 radical (unpaired) electrons. The number of hydrogen-bond donors (Lipinski definition) is 1. The zero-order chi connectivity index (χ0) is 22.4. The fourth-order valence-corrected chi connectivity index (χ4v) is 3.99. The number of benzene rings is 1. The van der Waals surface area contributed by atoms with Gasteiger partial charge in [0.15, 0.2) is 17.1 Å². The van der Waals surface area contributed by atoms with E-state index in [-0.39, 0.29) is 11.8 Å². The SMILES string of the molecule is COc1cccc2oc([C@@H]3c4nc[nH]c4CCN3C(=O)c3nnc(-c4ccccn4)o3)nc12. The Morgan fingerprint density at radius 1 is 1.15 bits per heavy atom. The molecule has 0 aliphatic carbocycles. The summed E-state index contributed by atoms with van der Waals surface area (Å²) in [5.74, 6) is 0.473. The largest absolute Gasteiger partial charge is 0.494 e. The molecule has 11 nitrogen and oxygen atoms in total. The number of methoxy groups -OCH3 is 1. The van der Waals surface area contributed by atoms with Gasteiger partial charge in [0.05, 0.1) is 19.1 Å². The van der Waals surface area contributed by atoms with Crippen LogP contribution in [0, 0.1) is 0 Å². The normalized spacial score (nSPS) is 15.5. The number of aromatic amines is 1. The van der Waals surface area contributed by atoms with E-state index in [0.717, 1.165) is 5.69 Å². The van der Waals surface area contributed by atoms with Crippen LogP contribution >= 0.6 is 0 Å². The number of carbonyl (C=O) groups excluding carboxylic acids is 1. The van der Waals surface area contributed by atoms with Crippen molar-refractivity contribution in [3.05, 3.63) is 72.1 Å². The van der Waals surface area contributed by atoms with Crippen molar-refractivity contribution in [1.29, 1.82) is 0 Å². The molecule has 1 N–H and O–H groups in total. The Balaban J connectivity index is 1.41. The summed E-state index contributed by atoms with van der Waals surface area (Å²) < 4.78 is 17.1. The summed E-state index contributed by atoms with van der Waals surface area (Å²) in [4.78, 5) is 31.5. The van der Waals surface area contributed by atoms with Crippen molar-refractivity contribution in [3.8, 4) is 17.3 Å². The number of hydrogen-bond acceptors (Lipinski definition) is 9. The van der Waals surface area contributed by atoms with Gasteiger partial charge in [-0.3, -0.25) is 9.78 Å². The van der Waals surface area contributed by atoms with E-state index in [0.29, 0.717) is 47.1 Å². The predicted octanol–water partition coefficient (Wildman–Crippen LogP) is 2.79. The van der Waals surface area contributed by atoms with Crippen LogP contribution in [0.1, 0.15) is 34.0 Å². The number of nitrogens with zero attached hydrogens (tertiary/aromatic N) is 6. The molecule has 6 rings (SSSR count). The highest BCUT2D eigenvalue weighted by Gasteiger charge is 2.39. The number of carbonyl (C=O) groups is 1. The molecule has 33 heavy (non-hydrogen) atoms. The van der Waals surface area contributed by atoms with Crippen molar-refractivity contribution >= 4 is 17.0 Å². The maximum absolute atomic E-state index is 13.5. The Morgan fingerprint density at radius 3 is 2.94 bits per heavy atom. The van der Waals surface area contributed by atoms with Crippen LogP contribution in [0.5, 0.6) is 5.75 Å². The molecule has 11 heteroatoms. The minimum Gasteiger partial charge on any atom is -0.494 e. The second-order valence-electron chi connectivity index (χ2n) is 7.40. The summed E-state index contributed by atoms with van der Waals surface area (Å²) in [6.45, 7) is 0.385. The van der Waals surface area contributed by atoms with E-state index < -0.39 is 11.9 Å². The molecule has 0 saturated carbocycles. The summed E-state index contributed by atoms with van der Waals surface area (Å²) in [6, 6.07) is 10.1. The van der Waals surface area contributed by atoms with Crippen LogP contribution in [-0.4, -0.2) is 54.6 Å². The minimum absolute atomic E-state index is 0.145. The lowest BCUT2D eigenvalue weighted by molar-refractivity contribution is 0.0627. The molecule has 1 amide bonds. The Labute approximate surface area is 186 Å². The molecule has 4 aromatic heterocycles. The number of nitrogens with one attached hydrogen (secondary N) is 1. The van der Waals surface area contributed by atoms with Crippen molar-refractivity contribution < 1.29 is 18.4 Å². The second kappa shape index (κ2) is 7.55. The molecular formula is C22H17N7O4. The molecule has 0 bridgehead atoms. The highest BCUT2D eigenvalue weighted by Crippen LogP contribution is 2.37. The number of H-pyrrole nitrogens is 1. The van der Waals surface area contributed by atoms with Gasteiger partial charge in [-0.1, -0.05) is 12.1 Å². The van der Waals surface area contributed by atoms with Gasteiger partial charge in [0.1, 0.15) is 11.4 Å². The van der Waals surface area contributed by atoms with E-state index >= 15 is 0 Å². The molecule has 0 fully saturated rings. The second-order valence-corrected chi connectivity index (χ2v) is 7.40. The Hall–Kier alpha value is -4.54. The molecule has 1 aliphatic rings. The molecule has 1 atom stereocenters. The molecule has 5 aromatic rings. The van der Waals surface area contributed by atoms with Gasteiger partial charge in [0.25, 0.3) is 5.89 Å². The highest BCUT2D eigenvalue weighted by molar-refractivity contribution is 5.90. The van der Waals surface area contributed by atoms with Crippen molar-refractivity contribution in [3.63, 3.8) is 0 Å². The first-order chi connectivity index (χ1) is 16.2. The van der Waals surface area contributed by atoms with Crippen LogP contribution in [0.2, 0.25) is 0 Å². The third kappa shape index (κ3) is 3.13. The number of imidazole rings is 1. The van der Waals surface area contributed by atoms with E-state index in [1.54, 1.807) is 54.9 Å². The molecule has 164 valence electrons. The third-order valence-electron chi connectivity index (χ3n) is 5.53. The Bertz CT molecular complexity index is 1460. The smallest absolute Gasteiger partial charge is 0.312 e. The summed E-state index contributed by atoms with van der Waals surface area (Å²) in [6.07, 6.45) is 3.80. The summed E-state index contributed by atoms with van der Waals surface area (Å²) in [5.41, 5.74) is 3.18. The lowest BCUT2D eigenvalue weighted by Crippen LogP contribution is -2.41. The number of ether oxygens (including phenoxy) is 1. The van der Waals surface area contributed by atoms with Crippen molar-refractivity contribution in [2.24, 2.45) is 0 Å². The first-order valence-electron chi connectivity index (χ1n) is 10.2. The first kappa shape index (κ1) is 19.2. The van der Waals surface area contributed by atoms with Gasteiger partial charge in [-0.15, -0.1) is 10.2 Å². The molecule has 0 unspecified atom stereocenters. The average molecular weight is 443 g/mol. The van der Waals surface area contributed by atoms with Gasteiger partial charge in [-0.2, -0.15) is 0 Å². The number of rotatable bonds is 4. The summed E-state index contributed by atoms with van der Waals surface area (Å²) in [5, 5.41) is 7.95. The number of pyridine rings is 1. The average Bonchev–Trinajstić information content (AvgIpc) is 3.62. The van der Waals surface area contributed by atoms with E-state index in [2.05, 4.69) is 30.1 Å². The third-order valence-corrected chi connectivity index (χ3v) is 5.53. The van der Waals surface area contributed by atoms with Crippen molar-refractivity contribution in [2.45, 2.75) is 12.5 Å². The molecule has 1 aliphatic heterocycles. The Kier molecular flexibility index (Phi) is 4.39. The molecule has 1 aromatic carbocycles. The fourth-order valence-electron chi connectivity index (χ4n) is 3.99. The van der Waals surface area contributed by atoms with Crippen LogP contribution in [0.4, 0.5) is 0 Å². The van der Waals surface area contributed by atoms with Crippen LogP contribution in [0.15, 0.2) is 57.8 Å². The number of oxazole rings is 1. The van der Waals surface area contributed by atoms with Crippen molar-refractivity contribution in [1.82, 2.24) is 35.0 Å². The number of aromatic nitrogens is 6. The topological polar surface area (TPSA) is 136 Å². The van der Waals surface area contributed by atoms with Gasteiger partial charge in [0.2, 0.25) is 5.89 Å². The van der Waals surface area contributed by atoms with E-state index in [1.165, 1.54) is 0 Å². The first-order valence-corrected chi connectivity index (χ1v) is 10.2. The number of para-hydroxylation sites is 1. The van der Waals surface area contributed by atoms with Crippen LogP contribution < -0.4 is 4.74 Å². The van der Waals surface area contributed by atoms with Crippen molar-refractivity contribution in [2.75, 3.05) is 13.7 Å². The quantitative estimate of drug-likeness (QED) is 0.444. The van der Waals surface area contributed by atoms with Crippen LogP contribution in [0.3, 0.4) is 0 Å². The lowest BCUT2D eigenvalue weighted by Gasteiger charge is -2.31. The lowest BCUT2D eigenvalue weighted by atomic mass is 10.0. The number of amides is 1. The molecule has 0 spiro atoms. The van der Waals surface area contributed by atoms with Gasteiger partial charge >= 0.3 is 11.8 Å². The van der Waals surface area contributed by atoms with Gasteiger partial charge < -0.3 is 23.5 Å². The van der Waals surface area contributed by atoms with Crippen LogP contribution in [-0.2, 0) is 6.42 Å². The van der Waals surface area contributed by atoms with E-state index in [4.69, 9.17) is 13.6 Å². The predicted molar refractivity (Wildman–Crippen MR) is 113 cm³/mol. The van der Waals surface area contributed by atoms with E-state index in [9.17, 15) is 4.79 Å². The maximum atomic E-state index is 13.5. The number of fused-ring (bicyclic) bond motifs is 2. The molecule has 5 heterocycles. The van der Waals surface area contributed by atoms with Gasteiger partial charge in [-0.05, 0) is 24.3 Å². The molecular weight excluding hydrogens is 426 g/mol. The standard InChI is InChI=1S/C22H17N7O4/c1-31-14-6-4-7-15-17(14)26-20(32-15)18-16-12(24-11-25-16)8-10-29(18)22(30)21-28-27-19(33-21)13-5-2-3-9-23-13/h2-7,9,11,18H,8,10H2,1H3,(H,24,25)/t18-/m0/s1. The van der Waals surface area contributed by atoms with Gasteiger partial charge in [0, 0.05) is 24.9 Å². The Morgan fingerprint density at radius 2 is 2.09 bits per heavy atom. The summed E-state index contributed by atoms with van der Waals surface area (Å²) in [7, 11) is 1.57.